The summed E-state index contributed by atoms with van der Waals surface area (Å²) in [7, 11) is 0. The first kappa shape index (κ1) is 30.4. The first-order chi connectivity index (χ1) is 26.3. The van der Waals surface area contributed by atoms with Gasteiger partial charge in [-0.2, -0.15) is 0 Å². The molecule has 1 heteroatoms. The van der Waals surface area contributed by atoms with Crippen LogP contribution in [0, 0.1) is 0 Å². The van der Waals surface area contributed by atoms with Crippen LogP contribution in [-0.4, -0.2) is 14.5 Å². The topological polar surface area (TPSA) is 0 Å². The van der Waals surface area contributed by atoms with Crippen molar-refractivity contribution >= 4 is 76.9 Å². The summed E-state index contributed by atoms with van der Waals surface area (Å²) in [5.41, 5.74) is 10.5. The van der Waals surface area contributed by atoms with E-state index in [2.05, 4.69) is 194 Å². The van der Waals surface area contributed by atoms with Crippen molar-refractivity contribution < 1.29 is 0 Å². The first-order valence-electron chi connectivity index (χ1n) is 18.3. The fourth-order valence-electron chi connectivity index (χ4n) is 8.92. The van der Waals surface area contributed by atoms with E-state index in [9.17, 15) is 0 Å². The van der Waals surface area contributed by atoms with Gasteiger partial charge in [0.1, 0.15) is 0 Å². The van der Waals surface area contributed by atoms with E-state index in [0.717, 1.165) is 0 Å². The average molecular weight is 736 g/mol. The van der Waals surface area contributed by atoms with E-state index in [1.807, 2.05) is 0 Å². The Morgan fingerprint density at radius 2 is 0.585 bits per heavy atom. The molecule has 0 saturated carbocycles. The van der Waals surface area contributed by atoms with Crippen molar-refractivity contribution in [2.24, 2.45) is 0 Å². The summed E-state index contributed by atoms with van der Waals surface area (Å²) in [6.45, 7) is 0. The molecule has 246 valence electrons. The maximum absolute atomic E-state index is 2.38. The molecule has 1 aromatic heterocycles. The molecule has 0 atom stereocenters. The molecule has 0 aliphatic rings. The second-order valence-corrected chi connectivity index (χ2v) is 16.1. The molecule has 0 unspecified atom stereocenters. The minimum atomic E-state index is 0.132. The molecule has 0 N–H and O–H groups in total. The molecule has 1 heterocycles. The third-order valence-electron chi connectivity index (χ3n) is 11.0. The van der Waals surface area contributed by atoms with Gasteiger partial charge in [0.2, 0.25) is 0 Å². The second kappa shape index (κ2) is 12.2. The molecule has 0 amide bonds. The molecule has 0 bridgehead atoms. The van der Waals surface area contributed by atoms with Gasteiger partial charge < -0.3 is 0 Å². The summed E-state index contributed by atoms with van der Waals surface area (Å²) in [4.78, 5) is 0. The Hall–Kier alpha value is -6.24. The van der Waals surface area contributed by atoms with Crippen molar-refractivity contribution in [3.8, 4) is 44.5 Å². The Balaban J connectivity index is 1.24. The van der Waals surface area contributed by atoms with Gasteiger partial charge in [-0.05, 0) is 0 Å². The number of benzene rings is 10. The van der Waals surface area contributed by atoms with Gasteiger partial charge >= 0.3 is 316 Å². The fourth-order valence-corrected chi connectivity index (χ4v) is 11.5. The van der Waals surface area contributed by atoms with E-state index in [1.54, 1.807) is 0 Å². The summed E-state index contributed by atoms with van der Waals surface area (Å²) in [6, 6.07) is 71.9. The monoisotopic (exact) mass is 736 g/mol. The van der Waals surface area contributed by atoms with E-state index >= 15 is 0 Å². The summed E-state index contributed by atoms with van der Waals surface area (Å²) in [5, 5.41) is 13.1. The summed E-state index contributed by atoms with van der Waals surface area (Å²) in [5.74, 6) is 0. The predicted molar refractivity (Wildman–Crippen MR) is 230 cm³/mol. The van der Waals surface area contributed by atoms with Crippen LogP contribution in [0.3, 0.4) is 0 Å². The van der Waals surface area contributed by atoms with Crippen molar-refractivity contribution in [1.29, 1.82) is 0 Å². The summed E-state index contributed by atoms with van der Waals surface area (Å²) < 4.78 is 2.92. The molecule has 0 nitrogen and oxygen atoms in total. The summed E-state index contributed by atoms with van der Waals surface area (Å²) >= 11 is 0.132. The molecule has 0 saturated heterocycles. The Labute approximate surface area is 314 Å². The second-order valence-electron chi connectivity index (χ2n) is 13.9. The van der Waals surface area contributed by atoms with Gasteiger partial charge in [-0.1, -0.05) is 0 Å². The maximum atomic E-state index is 2.38. The van der Waals surface area contributed by atoms with Gasteiger partial charge in [0.15, 0.2) is 0 Å². The van der Waals surface area contributed by atoms with Crippen molar-refractivity contribution in [2.75, 3.05) is 0 Å². The van der Waals surface area contributed by atoms with Gasteiger partial charge in [0.05, 0.1) is 0 Å². The average Bonchev–Trinajstić information content (AvgIpc) is 3.62. The van der Waals surface area contributed by atoms with Gasteiger partial charge in [0, 0.05) is 0 Å². The zero-order valence-corrected chi connectivity index (χ0v) is 30.6. The van der Waals surface area contributed by atoms with Crippen molar-refractivity contribution in [3.05, 3.63) is 194 Å². The normalized spacial score (nSPS) is 11.8. The molecule has 0 fully saturated rings. The van der Waals surface area contributed by atoms with E-state index in [1.165, 1.54) is 107 Å². The van der Waals surface area contributed by atoms with Crippen LogP contribution in [0.4, 0.5) is 0 Å². The number of hydrogen-bond acceptors (Lipinski definition) is 0. The Kier molecular flexibility index (Phi) is 6.98. The Morgan fingerprint density at radius 3 is 1.04 bits per heavy atom. The van der Waals surface area contributed by atoms with Crippen LogP contribution >= 0.6 is 0 Å². The van der Waals surface area contributed by atoms with Crippen molar-refractivity contribution in [1.82, 2.24) is 0 Å². The van der Waals surface area contributed by atoms with Crippen LogP contribution in [0.25, 0.3) is 107 Å². The Bertz CT molecular complexity index is 3090. The standard InChI is InChI=1S/C52H32Se/c1-3-17-33(18-4-1)47-35-21-7-11-25-39(35)49(40-26-12-8-22-36(40)47)43-29-16-32-46-51(43)45-31-15-30-44(52(45)53-46)50-41-27-13-9-23-37(41)48(34-19-5-2-6-20-34)38-24-10-14-28-42(38)50/h1-32H. The third kappa shape index (κ3) is 4.62. The summed E-state index contributed by atoms with van der Waals surface area (Å²) in [6.07, 6.45) is 0. The molecule has 10 aromatic carbocycles. The molecular weight excluding hydrogens is 704 g/mol. The SMILES string of the molecule is c1ccc(-c2c3ccccc3c(-c3cccc4c3[se]c3cccc(-c5c6ccccc6c(-c6ccccc6)c6ccccc56)c34)c3ccccc23)cc1. The van der Waals surface area contributed by atoms with Crippen LogP contribution in [0.1, 0.15) is 0 Å². The number of rotatable bonds is 4. The zero-order chi connectivity index (χ0) is 34.9. The number of hydrogen-bond donors (Lipinski definition) is 0. The molecule has 0 aliphatic carbocycles. The zero-order valence-electron chi connectivity index (χ0n) is 28.9. The first-order valence-corrected chi connectivity index (χ1v) is 20.0. The predicted octanol–water partition coefficient (Wildman–Crippen LogP) is 14.3. The van der Waals surface area contributed by atoms with Gasteiger partial charge in [-0.25, -0.2) is 0 Å². The molecule has 0 spiro atoms. The van der Waals surface area contributed by atoms with Gasteiger partial charge in [-0.3, -0.25) is 0 Å². The minimum absolute atomic E-state index is 0.132. The van der Waals surface area contributed by atoms with Gasteiger partial charge in [-0.15, -0.1) is 0 Å². The van der Waals surface area contributed by atoms with Gasteiger partial charge in [0.25, 0.3) is 0 Å². The van der Waals surface area contributed by atoms with Crippen molar-refractivity contribution in [2.45, 2.75) is 0 Å². The molecule has 53 heavy (non-hydrogen) atoms. The van der Waals surface area contributed by atoms with Crippen LogP contribution in [0.5, 0.6) is 0 Å². The van der Waals surface area contributed by atoms with Crippen LogP contribution < -0.4 is 0 Å². The van der Waals surface area contributed by atoms with E-state index in [4.69, 9.17) is 0 Å². The van der Waals surface area contributed by atoms with Crippen LogP contribution in [0.15, 0.2) is 194 Å². The molecule has 11 aromatic rings. The molecular formula is C52H32Se. The molecule has 0 aliphatic heterocycles. The Morgan fingerprint density at radius 1 is 0.245 bits per heavy atom. The fraction of sp³-hybridized carbons (Fsp3) is 0. The van der Waals surface area contributed by atoms with Crippen LogP contribution in [0.2, 0.25) is 0 Å². The van der Waals surface area contributed by atoms with Crippen LogP contribution in [-0.2, 0) is 0 Å². The van der Waals surface area contributed by atoms with E-state index in [-0.39, 0.29) is 14.5 Å². The van der Waals surface area contributed by atoms with E-state index in [0.29, 0.717) is 0 Å². The number of fused-ring (bicyclic) bond motifs is 7. The molecule has 11 rings (SSSR count). The molecule has 0 radical (unpaired) electrons. The quantitative estimate of drug-likeness (QED) is 0.125. The van der Waals surface area contributed by atoms with E-state index < -0.39 is 0 Å². The third-order valence-corrected chi connectivity index (χ3v) is 13.6. The van der Waals surface area contributed by atoms with Crippen molar-refractivity contribution in [3.63, 3.8) is 0 Å².